The van der Waals surface area contributed by atoms with Crippen molar-refractivity contribution in [3.8, 4) is 11.1 Å². The first-order chi connectivity index (χ1) is 10.3. The number of nitrogens with one attached hydrogen (secondary N) is 1. The lowest BCUT2D eigenvalue weighted by molar-refractivity contribution is 0.708. The zero-order chi connectivity index (χ0) is 14.7. The van der Waals surface area contributed by atoms with E-state index >= 15 is 0 Å². The van der Waals surface area contributed by atoms with Crippen molar-refractivity contribution in [2.45, 2.75) is 20.0 Å². The van der Waals surface area contributed by atoms with Crippen molar-refractivity contribution in [2.24, 2.45) is 0 Å². The molecule has 0 radical (unpaired) electrons. The van der Waals surface area contributed by atoms with E-state index in [0.29, 0.717) is 12.4 Å². The van der Waals surface area contributed by atoms with E-state index in [1.54, 1.807) is 6.33 Å². The summed E-state index contributed by atoms with van der Waals surface area (Å²) >= 11 is 1.36. The van der Waals surface area contributed by atoms with Crippen molar-refractivity contribution in [3.63, 3.8) is 0 Å². The van der Waals surface area contributed by atoms with Gasteiger partial charge in [0.2, 0.25) is 0 Å². The summed E-state index contributed by atoms with van der Waals surface area (Å²) in [7, 11) is 0. The Morgan fingerprint density at radius 2 is 2.10 bits per heavy atom. The zero-order valence-corrected chi connectivity index (χ0v) is 12.5. The molecule has 3 N–H and O–H groups in total. The van der Waals surface area contributed by atoms with Crippen LogP contribution in [0, 0.1) is 0 Å². The molecule has 3 aromatic rings. The topological polar surface area (TPSA) is 81.7 Å². The highest BCUT2D eigenvalue weighted by Crippen LogP contribution is 2.36. The van der Waals surface area contributed by atoms with E-state index in [0.717, 1.165) is 28.5 Å². The van der Waals surface area contributed by atoms with Gasteiger partial charge in [0.1, 0.15) is 17.1 Å². The molecule has 7 heteroatoms. The number of hydrogen-bond donors (Lipinski definition) is 2. The zero-order valence-electron chi connectivity index (χ0n) is 11.7. The largest absolute Gasteiger partial charge is 0.382 e. The van der Waals surface area contributed by atoms with Crippen LogP contribution in [0.15, 0.2) is 36.7 Å². The van der Waals surface area contributed by atoms with Crippen LogP contribution in [-0.4, -0.2) is 19.1 Å². The van der Waals surface area contributed by atoms with Gasteiger partial charge in [-0.05, 0) is 24.0 Å². The molecule has 3 rings (SSSR count). The number of hydrogen-bond acceptors (Lipinski definition) is 6. The van der Waals surface area contributed by atoms with Gasteiger partial charge in [-0.3, -0.25) is 0 Å². The lowest BCUT2D eigenvalue weighted by atomic mass is 10.1. The molecule has 2 heterocycles. The summed E-state index contributed by atoms with van der Waals surface area (Å²) in [6.45, 7) is 3.50. The van der Waals surface area contributed by atoms with Crippen LogP contribution in [0.4, 0.5) is 10.8 Å². The minimum atomic E-state index is 0.547. The molecule has 0 bridgehead atoms. The molecule has 0 fully saturated rings. The van der Waals surface area contributed by atoms with Crippen LogP contribution in [0.3, 0.4) is 0 Å². The molecular formula is C14H16N6S. The van der Waals surface area contributed by atoms with Crippen LogP contribution in [0.1, 0.15) is 12.7 Å². The molecule has 0 unspecified atom stereocenters. The monoisotopic (exact) mass is 300 g/mol. The molecule has 0 aliphatic heterocycles. The smallest absolute Gasteiger partial charge is 0.152 e. The Morgan fingerprint density at radius 1 is 1.29 bits per heavy atom. The van der Waals surface area contributed by atoms with Crippen LogP contribution in [-0.2, 0) is 13.1 Å². The Balaban J connectivity index is 1.84. The summed E-state index contributed by atoms with van der Waals surface area (Å²) in [5.74, 6) is 1.44. The fourth-order valence-electron chi connectivity index (χ4n) is 2.15. The van der Waals surface area contributed by atoms with Gasteiger partial charge < -0.3 is 15.6 Å². The van der Waals surface area contributed by atoms with Gasteiger partial charge >= 0.3 is 0 Å². The standard InChI is InChI=1S/C14H16N6S/c1-2-20-9-17-18-11(20)8-16-14-12(13(15)19-21-14)10-6-4-3-5-7-10/h3-7,9,16H,2,8H2,1H3,(H2,15,19). The first-order valence-electron chi connectivity index (χ1n) is 6.70. The quantitative estimate of drug-likeness (QED) is 0.757. The predicted molar refractivity (Wildman–Crippen MR) is 85.0 cm³/mol. The summed E-state index contributed by atoms with van der Waals surface area (Å²) < 4.78 is 6.25. The maximum absolute atomic E-state index is 6.00. The van der Waals surface area contributed by atoms with Crippen molar-refractivity contribution in [3.05, 3.63) is 42.5 Å². The second-order valence-corrected chi connectivity index (χ2v) is 5.30. The van der Waals surface area contributed by atoms with Crippen molar-refractivity contribution < 1.29 is 0 Å². The summed E-state index contributed by atoms with van der Waals surface area (Å²) in [4.78, 5) is 0. The van der Waals surface area contributed by atoms with Gasteiger partial charge in [-0.1, -0.05) is 30.3 Å². The second-order valence-electron chi connectivity index (χ2n) is 4.52. The molecule has 0 atom stereocenters. The average molecular weight is 300 g/mol. The van der Waals surface area contributed by atoms with Crippen LogP contribution in [0.2, 0.25) is 0 Å². The maximum Gasteiger partial charge on any atom is 0.152 e. The highest BCUT2D eigenvalue weighted by molar-refractivity contribution is 7.11. The molecule has 0 saturated heterocycles. The van der Waals surface area contributed by atoms with Crippen LogP contribution < -0.4 is 11.1 Å². The Hall–Kier alpha value is -2.41. The van der Waals surface area contributed by atoms with Gasteiger partial charge in [-0.25, -0.2) is 0 Å². The summed E-state index contributed by atoms with van der Waals surface area (Å²) in [6.07, 6.45) is 1.73. The third-order valence-corrected chi connectivity index (χ3v) is 4.04. The molecule has 2 aromatic heterocycles. The van der Waals surface area contributed by atoms with E-state index in [1.807, 2.05) is 34.9 Å². The fourth-order valence-corrected chi connectivity index (χ4v) is 2.88. The predicted octanol–water partition coefficient (Wildman–Crippen LogP) is 2.62. The lowest BCUT2D eigenvalue weighted by Gasteiger charge is -2.07. The van der Waals surface area contributed by atoms with Crippen molar-refractivity contribution >= 4 is 22.4 Å². The maximum atomic E-state index is 6.00. The molecule has 21 heavy (non-hydrogen) atoms. The molecular weight excluding hydrogens is 284 g/mol. The first-order valence-corrected chi connectivity index (χ1v) is 7.48. The molecule has 0 aliphatic carbocycles. The van der Waals surface area contributed by atoms with E-state index < -0.39 is 0 Å². The number of aryl methyl sites for hydroxylation is 1. The number of benzene rings is 1. The van der Waals surface area contributed by atoms with E-state index in [1.165, 1.54) is 11.5 Å². The minimum Gasteiger partial charge on any atom is -0.382 e. The minimum absolute atomic E-state index is 0.547. The molecule has 0 spiro atoms. The van der Waals surface area contributed by atoms with Gasteiger partial charge in [0, 0.05) is 6.54 Å². The number of rotatable bonds is 5. The number of aromatic nitrogens is 4. The van der Waals surface area contributed by atoms with Crippen molar-refractivity contribution in [2.75, 3.05) is 11.1 Å². The first kappa shape index (κ1) is 13.6. The third-order valence-electron chi connectivity index (χ3n) is 3.22. The summed E-state index contributed by atoms with van der Waals surface area (Å²) in [6, 6.07) is 10.0. The molecule has 1 aromatic carbocycles. The van der Waals surface area contributed by atoms with E-state index in [9.17, 15) is 0 Å². The van der Waals surface area contributed by atoms with E-state index in [2.05, 4.69) is 26.8 Å². The number of nitrogens with zero attached hydrogens (tertiary/aromatic N) is 4. The average Bonchev–Trinajstić information content (AvgIpc) is 3.12. The van der Waals surface area contributed by atoms with Gasteiger partial charge in [0.15, 0.2) is 5.82 Å². The Bertz CT molecular complexity index is 718. The molecule has 0 aliphatic rings. The highest BCUT2D eigenvalue weighted by Gasteiger charge is 2.14. The van der Waals surface area contributed by atoms with Crippen LogP contribution in [0.5, 0.6) is 0 Å². The summed E-state index contributed by atoms with van der Waals surface area (Å²) in [5, 5.41) is 12.4. The van der Waals surface area contributed by atoms with Gasteiger partial charge in [0.25, 0.3) is 0 Å². The number of nitrogen functional groups attached to an aromatic ring is 1. The van der Waals surface area contributed by atoms with E-state index in [-0.39, 0.29) is 0 Å². The lowest BCUT2D eigenvalue weighted by Crippen LogP contribution is -2.07. The van der Waals surface area contributed by atoms with Crippen molar-refractivity contribution in [1.82, 2.24) is 19.1 Å². The molecule has 0 amide bonds. The molecule has 6 nitrogen and oxygen atoms in total. The summed E-state index contributed by atoms with van der Waals surface area (Å²) in [5.41, 5.74) is 8.01. The Morgan fingerprint density at radius 3 is 2.86 bits per heavy atom. The normalized spacial score (nSPS) is 10.7. The molecule has 0 saturated carbocycles. The second kappa shape index (κ2) is 5.92. The van der Waals surface area contributed by atoms with Gasteiger partial charge in [0.05, 0.1) is 12.1 Å². The third kappa shape index (κ3) is 2.73. The van der Waals surface area contributed by atoms with Crippen LogP contribution >= 0.6 is 11.5 Å². The highest BCUT2D eigenvalue weighted by atomic mass is 32.1. The number of nitrogens with two attached hydrogens (primary N) is 1. The van der Waals surface area contributed by atoms with E-state index in [4.69, 9.17) is 5.73 Å². The SMILES string of the molecule is CCn1cnnc1CNc1snc(N)c1-c1ccccc1. The van der Waals surface area contributed by atoms with Crippen molar-refractivity contribution in [1.29, 1.82) is 0 Å². The van der Waals surface area contributed by atoms with Gasteiger partial charge in [-0.15, -0.1) is 10.2 Å². The van der Waals surface area contributed by atoms with Crippen LogP contribution in [0.25, 0.3) is 11.1 Å². The number of anilines is 2. The fraction of sp³-hybridized carbons (Fsp3) is 0.214. The Labute approximate surface area is 126 Å². The van der Waals surface area contributed by atoms with Gasteiger partial charge in [-0.2, -0.15) is 4.37 Å². The molecule has 108 valence electrons. The Kier molecular flexibility index (Phi) is 3.83.